The van der Waals surface area contributed by atoms with Crippen LogP contribution in [-0.4, -0.2) is 91.1 Å². The van der Waals surface area contributed by atoms with Crippen LogP contribution in [0.1, 0.15) is 26.7 Å². The van der Waals surface area contributed by atoms with Gasteiger partial charge in [-0.3, -0.25) is 14.5 Å². The van der Waals surface area contributed by atoms with E-state index in [1.54, 1.807) is 0 Å². The number of amides is 2. The van der Waals surface area contributed by atoms with Crippen molar-refractivity contribution in [2.75, 3.05) is 59.0 Å². The smallest absolute Gasteiger partial charge is 0.242 e. The van der Waals surface area contributed by atoms with E-state index in [2.05, 4.69) is 4.90 Å². The van der Waals surface area contributed by atoms with Crippen molar-refractivity contribution in [1.29, 1.82) is 0 Å². The summed E-state index contributed by atoms with van der Waals surface area (Å²) in [6.07, 6.45) is 1.18. The Morgan fingerprint density at radius 3 is 2.17 bits per heavy atom. The van der Waals surface area contributed by atoms with Crippen LogP contribution < -0.4 is 5.73 Å². The van der Waals surface area contributed by atoms with Crippen LogP contribution in [0.3, 0.4) is 0 Å². The lowest BCUT2D eigenvalue weighted by atomic mass is 9.89. The quantitative estimate of drug-likeness (QED) is 0.737. The van der Waals surface area contributed by atoms with E-state index in [4.69, 9.17) is 10.5 Å². The number of nitrogens with two attached hydrogens (primary N) is 1. The van der Waals surface area contributed by atoms with Gasteiger partial charge in [0.1, 0.15) is 0 Å². The van der Waals surface area contributed by atoms with Crippen LogP contribution in [0.5, 0.6) is 0 Å². The lowest BCUT2D eigenvalue weighted by Gasteiger charge is -2.41. The molecule has 2 aliphatic heterocycles. The Labute approximate surface area is 138 Å². The summed E-state index contributed by atoms with van der Waals surface area (Å²) < 4.78 is 5.31. The molecule has 23 heavy (non-hydrogen) atoms. The number of hydrogen-bond acceptors (Lipinski definition) is 5. The highest BCUT2D eigenvalue weighted by atomic mass is 16.5. The molecule has 2 saturated heterocycles. The second-order valence-electron chi connectivity index (χ2n) is 6.40. The first kappa shape index (κ1) is 18.2. The molecule has 0 bridgehead atoms. The van der Waals surface area contributed by atoms with Crippen LogP contribution in [0, 0.1) is 0 Å². The highest BCUT2D eigenvalue weighted by molar-refractivity contribution is 5.86. The molecule has 0 radical (unpaired) electrons. The molecule has 0 aromatic rings. The van der Waals surface area contributed by atoms with Crippen molar-refractivity contribution in [3.05, 3.63) is 0 Å². The molecule has 0 saturated carbocycles. The van der Waals surface area contributed by atoms with E-state index in [0.29, 0.717) is 45.7 Å². The van der Waals surface area contributed by atoms with Gasteiger partial charge in [0.2, 0.25) is 11.8 Å². The molecule has 0 unspecified atom stereocenters. The van der Waals surface area contributed by atoms with E-state index in [0.717, 1.165) is 26.2 Å². The van der Waals surface area contributed by atoms with Gasteiger partial charge >= 0.3 is 0 Å². The fraction of sp³-hybridized carbons (Fsp3) is 0.875. The summed E-state index contributed by atoms with van der Waals surface area (Å²) in [5.41, 5.74) is 5.51. The van der Waals surface area contributed by atoms with Gasteiger partial charge in [-0.1, -0.05) is 0 Å². The van der Waals surface area contributed by atoms with Crippen LogP contribution >= 0.6 is 0 Å². The molecule has 7 heteroatoms. The molecule has 7 nitrogen and oxygen atoms in total. The SMILES string of the molecule is CCN(CC)C(=O)CN1CCN(C(=O)C2(N)CCOCC2)CC1. The van der Waals surface area contributed by atoms with Gasteiger partial charge in [0.05, 0.1) is 12.1 Å². The first-order valence-electron chi connectivity index (χ1n) is 8.66. The van der Waals surface area contributed by atoms with Crippen molar-refractivity contribution in [3.63, 3.8) is 0 Å². The van der Waals surface area contributed by atoms with Gasteiger partial charge < -0.3 is 20.3 Å². The third kappa shape index (κ3) is 4.43. The molecule has 0 aromatic heterocycles. The number of likely N-dealkylation sites (N-methyl/N-ethyl adjacent to an activating group) is 1. The van der Waals surface area contributed by atoms with Gasteiger partial charge in [0, 0.05) is 52.5 Å². The van der Waals surface area contributed by atoms with Crippen molar-refractivity contribution in [1.82, 2.24) is 14.7 Å². The Hall–Kier alpha value is -1.18. The molecule has 2 heterocycles. The second kappa shape index (κ2) is 8.08. The van der Waals surface area contributed by atoms with Gasteiger partial charge in [-0.2, -0.15) is 0 Å². The second-order valence-corrected chi connectivity index (χ2v) is 6.40. The molecule has 0 spiro atoms. The summed E-state index contributed by atoms with van der Waals surface area (Å²) in [5, 5.41) is 0. The van der Waals surface area contributed by atoms with Crippen LogP contribution in [0.15, 0.2) is 0 Å². The molecular formula is C16H30N4O3. The standard InChI is InChI=1S/C16H30N4O3/c1-3-19(4-2)14(21)13-18-7-9-20(10-8-18)15(22)16(17)5-11-23-12-6-16/h3-13,17H2,1-2H3. The van der Waals surface area contributed by atoms with Gasteiger partial charge in [0.15, 0.2) is 0 Å². The molecule has 2 aliphatic rings. The zero-order valence-electron chi connectivity index (χ0n) is 14.4. The maximum atomic E-state index is 12.7. The summed E-state index contributed by atoms with van der Waals surface area (Å²) in [5.74, 6) is 0.199. The maximum absolute atomic E-state index is 12.7. The summed E-state index contributed by atoms with van der Waals surface area (Å²) in [7, 11) is 0. The summed E-state index contributed by atoms with van der Waals surface area (Å²) in [6, 6.07) is 0. The normalized spacial score (nSPS) is 22.0. The van der Waals surface area contributed by atoms with Crippen LogP contribution in [0.4, 0.5) is 0 Å². The van der Waals surface area contributed by atoms with Crippen LogP contribution in [0.25, 0.3) is 0 Å². The third-order valence-electron chi connectivity index (χ3n) is 4.95. The van der Waals surface area contributed by atoms with E-state index >= 15 is 0 Å². The monoisotopic (exact) mass is 326 g/mol. The van der Waals surface area contributed by atoms with E-state index in [1.807, 2.05) is 23.6 Å². The van der Waals surface area contributed by atoms with Crippen molar-refractivity contribution in [2.24, 2.45) is 5.73 Å². The van der Waals surface area contributed by atoms with Crippen LogP contribution in [-0.2, 0) is 14.3 Å². The number of carbonyl (C=O) groups is 2. The van der Waals surface area contributed by atoms with Gasteiger partial charge in [0.25, 0.3) is 0 Å². The molecule has 2 amide bonds. The number of nitrogens with zero attached hydrogens (tertiary/aromatic N) is 3. The fourth-order valence-electron chi connectivity index (χ4n) is 3.24. The number of carbonyl (C=O) groups excluding carboxylic acids is 2. The summed E-state index contributed by atoms with van der Waals surface area (Å²) in [4.78, 5) is 30.6. The van der Waals surface area contributed by atoms with E-state index < -0.39 is 5.54 Å². The minimum absolute atomic E-state index is 0.0375. The average molecular weight is 326 g/mol. The lowest BCUT2D eigenvalue weighted by Crippen LogP contribution is -2.61. The van der Waals surface area contributed by atoms with Crippen LogP contribution in [0.2, 0.25) is 0 Å². The van der Waals surface area contributed by atoms with Crippen molar-refractivity contribution >= 4 is 11.8 Å². The molecule has 132 valence electrons. The summed E-state index contributed by atoms with van der Waals surface area (Å²) >= 11 is 0. The molecule has 0 atom stereocenters. The maximum Gasteiger partial charge on any atom is 0.242 e. The van der Waals surface area contributed by atoms with E-state index in [1.165, 1.54) is 0 Å². The van der Waals surface area contributed by atoms with Gasteiger partial charge in [-0.05, 0) is 26.7 Å². The van der Waals surface area contributed by atoms with Gasteiger partial charge in [-0.25, -0.2) is 0 Å². The number of piperazine rings is 1. The molecular weight excluding hydrogens is 296 g/mol. The zero-order valence-corrected chi connectivity index (χ0v) is 14.4. The Morgan fingerprint density at radius 1 is 1.09 bits per heavy atom. The van der Waals surface area contributed by atoms with E-state index in [9.17, 15) is 9.59 Å². The Balaban J connectivity index is 1.81. The molecule has 0 aromatic carbocycles. The molecule has 2 N–H and O–H groups in total. The Morgan fingerprint density at radius 2 is 1.65 bits per heavy atom. The molecule has 0 aliphatic carbocycles. The number of ether oxygens (including phenoxy) is 1. The minimum atomic E-state index is -0.766. The van der Waals surface area contributed by atoms with E-state index in [-0.39, 0.29) is 11.8 Å². The van der Waals surface area contributed by atoms with Crippen molar-refractivity contribution in [2.45, 2.75) is 32.2 Å². The Bertz CT molecular complexity index is 412. The fourth-order valence-corrected chi connectivity index (χ4v) is 3.24. The topological polar surface area (TPSA) is 79.1 Å². The zero-order chi connectivity index (χ0) is 16.9. The Kier molecular flexibility index (Phi) is 6.38. The average Bonchev–Trinajstić information content (AvgIpc) is 2.56. The first-order valence-corrected chi connectivity index (χ1v) is 8.66. The number of hydrogen-bond donors (Lipinski definition) is 1. The predicted molar refractivity (Wildman–Crippen MR) is 87.9 cm³/mol. The minimum Gasteiger partial charge on any atom is -0.381 e. The largest absolute Gasteiger partial charge is 0.381 e. The third-order valence-corrected chi connectivity index (χ3v) is 4.95. The predicted octanol–water partition coefficient (Wildman–Crippen LogP) is -0.493. The number of rotatable bonds is 5. The summed E-state index contributed by atoms with van der Waals surface area (Å²) in [6.45, 7) is 9.76. The van der Waals surface area contributed by atoms with Crippen molar-refractivity contribution in [3.8, 4) is 0 Å². The highest BCUT2D eigenvalue weighted by Crippen LogP contribution is 2.21. The highest BCUT2D eigenvalue weighted by Gasteiger charge is 2.39. The molecule has 2 fully saturated rings. The van der Waals surface area contributed by atoms with Crippen molar-refractivity contribution < 1.29 is 14.3 Å². The lowest BCUT2D eigenvalue weighted by molar-refractivity contribution is -0.142. The van der Waals surface area contributed by atoms with Gasteiger partial charge in [-0.15, -0.1) is 0 Å². The first-order chi connectivity index (χ1) is 11.0. The molecule has 2 rings (SSSR count).